The molecular formula is C14H15F2NO2. The molecule has 0 aliphatic heterocycles. The number of ether oxygens (including phenoxy) is 1. The fourth-order valence-corrected chi connectivity index (χ4v) is 3.77. The summed E-state index contributed by atoms with van der Waals surface area (Å²) in [5, 5.41) is 0. The lowest BCUT2D eigenvalue weighted by atomic mass is 9.31. The molecule has 3 nitrogen and oxygen atoms in total. The van der Waals surface area contributed by atoms with E-state index in [1.165, 1.54) is 13.2 Å². The van der Waals surface area contributed by atoms with Crippen LogP contribution in [0.3, 0.4) is 0 Å². The quantitative estimate of drug-likeness (QED) is 0.851. The Balaban J connectivity index is 1.80. The van der Waals surface area contributed by atoms with Gasteiger partial charge in [0.1, 0.15) is 6.04 Å². The summed E-state index contributed by atoms with van der Waals surface area (Å²) in [6.45, 7) is 0. The highest BCUT2D eigenvalue weighted by Gasteiger charge is 2.72. The number of halogens is 2. The molecule has 5 heteroatoms. The summed E-state index contributed by atoms with van der Waals surface area (Å²) in [6.07, 6.45) is 1.87. The summed E-state index contributed by atoms with van der Waals surface area (Å²) in [4.78, 5) is 11.5. The number of nitrogens with two attached hydrogens (primary N) is 1. The van der Waals surface area contributed by atoms with E-state index >= 15 is 0 Å². The van der Waals surface area contributed by atoms with Crippen LogP contribution in [0, 0.1) is 17.0 Å². The molecule has 2 bridgehead atoms. The van der Waals surface area contributed by atoms with Gasteiger partial charge in [-0.3, -0.25) is 4.79 Å². The number of carbonyl (C=O) groups is 1. The Labute approximate surface area is 109 Å². The molecule has 0 aromatic heterocycles. The molecule has 3 fully saturated rings. The maximum atomic E-state index is 13.8. The second-order valence-corrected chi connectivity index (χ2v) is 5.78. The summed E-state index contributed by atoms with van der Waals surface area (Å²) in [5.41, 5.74) is 5.66. The molecule has 0 radical (unpaired) electrons. The van der Waals surface area contributed by atoms with Crippen LogP contribution >= 0.6 is 0 Å². The molecule has 1 atom stereocenters. The van der Waals surface area contributed by atoms with Crippen LogP contribution in [0.5, 0.6) is 0 Å². The average molecular weight is 267 g/mol. The number of rotatable bonds is 3. The third-order valence-electron chi connectivity index (χ3n) is 4.71. The second kappa shape index (κ2) is 3.76. The number of hydrogen-bond acceptors (Lipinski definition) is 3. The van der Waals surface area contributed by atoms with Gasteiger partial charge in [-0.25, -0.2) is 8.78 Å². The van der Waals surface area contributed by atoms with Crippen molar-refractivity contribution in [2.75, 3.05) is 7.11 Å². The van der Waals surface area contributed by atoms with Gasteiger partial charge in [-0.2, -0.15) is 0 Å². The zero-order valence-corrected chi connectivity index (χ0v) is 10.6. The first-order valence-corrected chi connectivity index (χ1v) is 6.22. The maximum Gasteiger partial charge on any atom is 0.323 e. The van der Waals surface area contributed by atoms with E-state index in [-0.39, 0.29) is 10.8 Å². The molecule has 4 rings (SSSR count). The van der Waals surface area contributed by atoms with Crippen molar-refractivity contribution in [1.82, 2.24) is 0 Å². The number of hydrogen-bond donors (Lipinski definition) is 1. The molecule has 1 unspecified atom stereocenters. The largest absolute Gasteiger partial charge is 0.468 e. The Morgan fingerprint density at radius 3 is 2.58 bits per heavy atom. The number of esters is 1. The Morgan fingerprint density at radius 2 is 2.00 bits per heavy atom. The van der Waals surface area contributed by atoms with Crippen LogP contribution in [-0.4, -0.2) is 19.1 Å². The molecule has 3 aliphatic carbocycles. The van der Waals surface area contributed by atoms with E-state index in [4.69, 9.17) is 5.73 Å². The van der Waals surface area contributed by atoms with Gasteiger partial charge >= 0.3 is 5.97 Å². The summed E-state index contributed by atoms with van der Waals surface area (Å²) in [6, 6.07) is 3.57. The molecule has 3 saturated carbocycles. The molecule has 1 aromatic rings. The lowest BCUT2D eigenvalue weighted by Crippen LogP contribution is -2.72. The lowest BCUT2D eigenvalue weighted by molar-refractivity contribution is -0.181. The van der Waals surface area contributed by atoms with Crippen LogP contribution in [0.25, 0.3) is 0 Å². The van der Waals surface area contributed by atoms with E-state index < -0.39 is 23.6 Å². The molecule has 1 aromatic carbocycles. The highest BCUT2D eigenvalue weighted by atomic mass is 19.2. The van der Waals surface area contributed by atoms with Crippen molar-refractivity contribution in [2.24, 2.45) is 11.1 Å². The smallest absolute Gasteiger partial charge is 0.323 e. The molecule has 0 amide bonds. The van der Waals surface area contributed by atoms with Crippen LogP contribution in [0.4, 0.5) is 8.78 Å². The molecule has 102 valence electrons. The fraction of sp³-hybridized carbons (Fsp3) is 0.500. The summed E-state index contributed by atoms with van der Waals surface area (Å²) in [7, 11) is 1.30. The SMILES string of the molecule is COC(=O)C(N)C12CC(c3cccc(F)c3F)(C1)C2. The van der Waals surface area contributed by atoms with E-state index in [2.05, 4.69) is 4.74 Å². The molecular weight excluding hydrogens is 252 g/mol. The highest BCUT2D eigenvalue weighted by molar-refractivity contribution is 5.77. The Hall–Kier alpha value is -1.49. The standard InChI is InChI=1S/C14H15F2NO2/c1-19-12(18)11(17)14-5-13(6-14,7-14)8-3-2-4-9(15)10(8)16/h2-4,11H,5-7,17H2,1H3. The predicted octanol–water partition coefficient (Wildman–Crippen LogP) is 1.89. The number of benzene rings is 1. The first-order chi connectivity index (χ1) is 8.94. The van der Waals surface area contributed by atoms with Gasteiger partial charge in [-0.05, 0) is 36.3 Å². The van der Waals surface area contributed by atoms with Gasteiger partial charge in [0.15, 0.2) is 11.6 Å². The Bertz CT molecular complexity index is 539. The van der Waals surface area contributed by atoms with Crippen LogP contribution in [-0.2, 0) is 14.9 Å². The minimum Gasteiger partial charge on any atom is -0.468 e. The molecule has 19 heavy (non-hydrogen) atoms. The molecule has 0 saturated heterocycles. The summed E-state index contributed by atoms with van der Waals surface area (Å²) < 4.78 is 31.7. The monoisotopic (exact) mass is 267 g/mol. The van der Waals surface area contributed by atoms with Gasteiger partial charge in [0, 0.05) is 5.41 Å². The maximum absolute atomic E-state index is 13.8. The molecule has 0 heterocycles. The van der Waals surface area contributed by atoms with Crippen molar-refractivity contribution in [2.45, 2.75) is 30.7 Å². The van der Waals surface area contributed by atoms with Gasteiger partial charge < -0.3 is 10.5 Å². The van der Waals surface area contributed by atoms with Crippen molar-refractivity contribution in [3.8, 4) is 0 Å². The third-order valence-corrected chi connectivity index (χ3v) is 4.71. The third kappa shape index (κ3) is 1.48. The lowest BCUT2D eigenvalue weighted by Gasteiger charge is -2.72. The minimum absolute atomic E-state index is 0.286. The van der Waals surface area contributed by atoms with E-state index in [1.807, 2.05) is 0 Å². The first kappa shape index (κ1) is 12.5. The normalized spacial score (nSPS) is 33.1. The van der Waals surface area contributed by atoms with Crippen molar-refractivity contribution in [3.05, 3.63) is 35.4 Å². The van der Waals surface area contributed by atoms with Crippen LogP contribution < -0.4 is 5.73 Å². The number of methoxy groups -OCH3 is 1. The van der Waals surface area contributed by atoms with Gasteiger partial charge in [-0.15, -0.1) is 0 Å². The zero-order valence-electron chi connectivity index (χ0n) is 10.6. The average Bonchev–Trinajstić information content (AvgIpc) is 2.30. The van der Waals surface area contributed by atoms with Gasteiger partial charge in [0.2, 0.25) is 0 Å². The van der Waals surface area contributed by atoms with E-state index in [9.17, 15) is 13.6 Å². The van der Waals surface area contributed by atoms with Crippen LogP contribution in [0.1, 0.15) is 24.8 Å². The Kier molecular flexibility index (Phi) is 2.48. The van der Waals surface area contributed by atoms with E-state index in [1.54, 1.807) is 6.07 Å². The van der Waals surface area contributed by atoms with Gasteiger partial charge in [-0.1, -0.05) is 12.1 Å². The second-order valence-electron chi connectivity index (χ2n) is 5.78. The van der Waals surface area contributed by atoms with Crippen molar-refractivity contribution in [3.63, 3.8) is 0 Å². The van der Waals surface area contributed by atoms with Crippen LogP contribution in [0.15, 0.2) is 18.2 Å². The molecule has 2 N–H and O–H groups in total. The Morgan fingerprint density at radius 1 is 1.37 bits per heavy atom. The molecule has 0 spiro atoms. The van der Waals surface area contributed by atoms with Gasteiger partial charge in [0.25, 0.3) is 0 Å². The van der Waals surface area contributed by atoms with Crippen molar-refractivity contribution >= 4 is 5.97 Å². The predicted molar refractivity (Wildman–Crippen MR) is 64.3 cm³/mol. The van der Waals surface area contributed by atoms with E-state index in [0.717, 1.165) is 6.07 Å². The highest BCUT2D eigenvalue weighted by Crippen LogP contribution is 2.74. The van der Waals surface area contributed by atoms with Crippen LogP contribution in [0.2, 0.25) is 0 Å². The first-order valence-electron chi connectivity index (χ1n) is 6.22. The summed E-state index contributed by atoms with van der Waals surface area (Å²) >= 11 is 0. The van der Waals surface area contributed by atoms with Crippen molar-refractivity contribution in [1.29, 1.82) is 0 Å². The van der Waals surface area contributed by atoms with Crippen molar-refractivity contribution < 1.29 is 18.3 Å². The topological polar surface area (TPSA) is 52.3 Å². The van der Waals surface area contributed by atoms with E-state index in [0.29, 0.717) is 24.8 Å². The van der Waals surface area contributed by atoms with Gasteiger partial charge in [0.05, 0.1) is 7.11 Å². The molecule has 3 aliphatic rings. The number of carbonyl (C=O) groups excluding carboxylic acids is 1. The summed E-state index contributed by atoms with van der Waals surface area (Å²) in [5.74, 6) is -2.04. The fourth-order valence-electron chi connectivity index (χ4n) is 3.77. The zero-order chi connectivity index (χ0) is 13.8. The minimum atomic E-state index is -0.825.